The SMILES string of the molecule is COc1ccc(CCN(C)CCCc2c(C(O)C(C)C)ccc(OC)c2OC)cc1OC. The third-order valence-corrected chi connectivity index (χ3v) is 5.83. The average molecular weight is 446 g/mol. The lowest BCUT2D eigenvalue weighted by Gasteiger charge is -2.23. The molecule has 0 saturated carbocycles. The lowest BCUT2D eigenvalue weighted by atomic mass is 9.91. The van der Waals surface area contributed by atoms with Gasteiger partial charge in [0.15, 0.2) is 23.0 Å². The van der Waals surface area contributed by atoms with Crippen molar-refractivity contribution < 1.29 is 24.1 Å². The molecule has 1 atom stereocenters. The standard InChI is InChI=1S/C26H39NO5/c1-18(2)25(28)20-11-13-23(30-5)26(32-7)21(20)9-8-15-27(3)16-14-19-10-12-22(29-4)24(17-19)31-6/h10-13,17-18,25,28H,8-9,14-16H2,1-7H3. The number of hydrogen-bond donors (Lipinski definition) is 1. The van der Waals surface area contributed by atoms with E-state index < -0.39 is 6.10 Å². The lowest BCUT2D eigenvalue weighted by Crippen LogP contribution is -2.23. The minimum Gasteiger partial charge on any atom is -0.493 e. The Kier molecular flexibility index (Phi) is 10.1. The van der Waals surface area contributed by atoms with Crippen molar-refractivity contribution in [2.24, 2.45) is 5.92 Å². The van der Waals surface area contributed by atoms with Gasteiger partial charge in [-0.1, -0.05) is 26.0 Å². The van der Waals surface area contributed by atoms with Gasteiger partial charge in [-0.05, 0) is 68.1 Å². The fraction of sp³-hybridized carbons (Fsp3) is 0.538. The summed E-state index contributed by atoms with van der Waals surface area (Å²) in [7, 11) is 8.73. The minimum absolute atomic E-state index is 0.121. The Labute approximate surface area is 193 Å². The van der Waals surface area contributed by atoms with Crippen LogP contribution >= 0.6 is 0 Å². The van der Waals surface area contributed by atoms with Crippen molar-refractivity contribution in [1.82, 2.24) is 4.90 Å². The summed E-state index contributed by atoms with van der Waals surface area (Å²) in [6.07, 6.45) is 2.15. The molecule has 6 nitrogen and oxygen atoms in total. The first-order valence-electron chi connectivity index (χ1n) is 11.2. The van der Waals surface area contributed by atoms with Crippen molar-refractivity contribution >= 4 is 0 Å². The fourth-order valence-corrected chi connectivity index (χ4v) is 3.89. The quantitative estimate of drug-likeness (QED) is 0.489. The predicted molar refractivity (Wildman–Crippen MR) is 128 cm³/mol. The highest BCUT2D eigenvalue weighted by Crippen LogP contribution is 2.38. The van der Waals surface area contributed by atoms with Crippen LogP contribution in [0.4, 0.5) is 0 Å². The van der Waals surface area contributed by atoms with Gasteiger partial charge in [-0.2, -0.15) is 0 Å². The van der Waals surface area contributed by atoms with Gasteiger partial charge in [-0.25, -0.2) is 0 Å². The van der Waals surface area contributed by atoms with Gasteiger partial charge in [0.2, 0.25) is 0 Å². The van der Waals surface area contributed by atoms with Crippen LogP contribution in [0.1, 0.15) is 43.1 Å². The Morgan fingerprint density at radius 2 is 1.47 bits per heavy atom. The van der Waals surface area contributed by atoms with Crippen LogP contribution in [0.2, 0.25) is 0 Å². The largest absolute Gasteiger partial charge is 0.493 e. The topological polar surface area (TPSA) is 60.4 Å². The van der Waals surface area contributed by atoms with E-state index in [-0.39, 0.29) is 5.92 Å². The van der Waals surface area contributed by atoms with Gasteiger partial charge in [-0.15, -0.1) is 0 Å². The van der Waals surface area contributed by atoms with Crippen molar-refractivity contribution in [2.75, 3.05) is 48.6 Å². The molecule has 6 heteroatoms. The molecule has 0 amide bonds. The number of ether oxygens (including phenoxy) is 4. The smallest absolute Gasteiger partial charge is 0.164 e. The molecular weight excluding hydrogens is 406 g/mol. The highest BCUT2D eigenvalue weighted by molar-refractivity contribution is 5.51. The van der Waals surface area contributed by atoms with Gasteiger partial charge >= 0.3 is 0 Å². The molecule has 1 unspecified atom stereocenters. The van der Waals surface area contributed by atoms with Crippen molar-refractivity contribution in [2.45, 2.75) is 39.2 Å². The summed E-state index contributed by atoms with van der Waals surface area (Å²) < 4.78 is 21.9. The molecule has 2 aromatic carbocycles. The van der Waals surface area contributed by atoms with Crippen LogP contribution < -0.4 is 18.9 Å². The Hall–Kier alpha value is -2.44. The summed E-state index contributed by atoms with van der Waals surface area (Å²) in [4.78, 5) is 2.32. The second kappa shape index (κ2) is 12.6. The maximum Gasteiger partial charge on any atom is 0.164 e. The molecule has 0 bridgehead atoms. The second-order valence-electron chi connectivity index (χ2n) is 8.40. The van der Waals surface area contributed by atoms with E-state index in [0.29, 0.717) is 5.75 Å². The number of likely N-dealkylation sites (N-methyl/N-ethyl adjacent to an activating group) is 1. The van der Waals surface area contributed by atoms with Crippen LogP contribution in [0.5, 0.6) is 23.0 Å². The van der Waals surface area contributed by atoms with E-state index in [1.54, 1.807) is 28.4 Å². The molecule has 0 spiro atoms. The molecule has 0 aliphatic carbocycles. The predicted octanol–water partition coefficient (Wildman–Crippen LogP) is 4.52. The molecule has 0 fully saturated rings. The fourth-order valence-electron chi connectivity index (χ4n) is 3.89. The summed E-state index contributed by atoms with van der Waals surface area (Å²) in [5.41, 5.74) is 3.17. The summed E-state index contributed by atoms with van der Waals surface area (Å²) in [6, 6.07) is 9.90. The number of hydrogen-bond acceptors (Lipinski definition) is 6. The molecule has 1 N–H and O–H groups in total. The zero-order valence-electron chi connectivity index (χ0n) is 20.6. The van der Waals surface area contributed by atoms with E-state index >= 15 is 0 Å². The third-order valence-electron chi connectivity index (χ3n) is 5.83. The maximum atomic E-state index is 10.7. The lowest BCUT2D eigenvalue weighted by molar-refractivity contribution is 0.125. The van der Waals surface area contributed by atoms with Crippen molar-refractivity contribution in [3.63, 3.8) is 0 Å². The number of nitrogens with zero attached hydrogens (tertiary/aromatic N) is 1. The number of rotatable bonds is 13. The summed E-state index contributed by atoms with van der Waals surface area (Å²) in [5.74, 6) is 3.04. The van der Waals surface area contributed by atoms with E-state index in [2.05, 4.69) is 18.0 Å². The van der Waals surface area contributed by atoms with Gasteiger partial charge in [0.05, 0.1) is 34.5 Å². The van der Waals surface area contributed by atoms with Crippen LogP contribution in [-0.4, -0.2) is 58.6 Å². The summed E-state index contributed by atoms with van der Waals surface area (Å²) in [6.45, 7) is 5.91. The average Bonchev–Trinajstić information content (AvgIpc) is 2.81. The van der Waals surface area contributed by atoms with Crippen LogP contribution in [0.25, 0.3) is 0 Å². The van der Waals surface area contributed by atoms with E-state index in [0.717, 1.165) is 60.7 Å². The Bertz CT molecular complexity index is 852. The number of aliphatic hydroxyl groups excluding tert-OH is 1. The highest BCUT2D eigenvalue weighted by atomic mass is 16.5. The first kappa shape index (κ1) is 25.8. The van der Waals surface area contributed by atoms with E-state index in [4.69, 9.17) is 18.9 Å². The van der Waals surface area contributed by atoms with Crippen LogP contribution in [0.15, 0.2) is 30.3 Å². The first-order valence-corrected chi connectivity index (χ1v) is 11.2. The monoisotopic (exact) mass is 445 g/mol. The summed E-state index contributed by atoms with van der Waals surface area (Å²) in [5, 5.41) is 10.7. The van der Waals surface area contributed by atoms with Crippen LogP contribution in [0.3, 0.4) is 0 Å². The molecule has 2 rings (SSSR count). The Balaban J connectivity index is 2.01. The molecule has 178 valence electrons. The Morgan fingerprint density at radius 1 is 0.812 bits per heavy atom. The number of aliphatic hydroxyl groups is 1. The first-order chi connectivity index (χ1) is 15.4. The van der Waals surface area contributed by atoms with E-state index in [1.165, 1.54) is 5.56 Å². The number of benzene rings is 2. The van der Waals surface area contributed by atoms with Gasteiger partial charge in [0.1, 0.15) is 0 Å². The van der Waals surface area contributed by atoms with Crippen molar-refractivity contribution in [1.29, 1.82) is 0 Å². The maximum absolute atomic E-state index is 10.7. The van der Waals surface area contributed by atoms with E-state index in [9.17, 15) is 5.11 Å². The normalized spacial score (nSPS) is 12.2. The van der Waals surface area contributed by atoms with Gasteiger partial charge < -0.3 is 29.0 Å². The molecule has 0 radical (unpaired) electrons. The second-order valence-corrected chi connectivity index (χ2v) is 8.40. The molecular formula is C26H39NO5. The number of methoxy groups -OCH3 is 4. The van der Waals surface area contributed by atoms with Crippen molar-refractivity contribution in [3.8, 4) is 23.0 Å². The van der Waals surface area contributed by atoms with Gasteiger partial charge in [-0.3, -0.25) is 0 Å². The molecule has 32 heavy (non-hydrogen) atoms. The molecule has 2 aromatic rings. The molecule has 0 aliphatic heterocycles. The molecule has 0 aliphatic rings. The molecule has 0 saturated heterocycles. The van der Waals surface area contributed by atoms with Crippen molar-refractivity contribution in [3.05, 3.63) is 47.0 Å². The third kappa shape index (κ3) is 6.53. The highest BCUT2D eigenvalue weighted by Gasteiger charge is 2.21. The van der Waals surface area contributed by atoms with Gasteiger partial charge in [0.25, 0.3) is 0 Å². The zero-order valence-corrected chi connectivity index (χ0v) is 20.6. The molecule has 0 heterocycles. The van der Waals surface area contributed by atoms with Crippen LogP contribution in [-0.2, 0) is 12.8 Å². The van der Waals surface area contributed by atoms with E-state index in [1.807, 2.05) is 38.1 Å². The molecule has 0 aromatic heterocycles. The van der Waals surface area contributed by atoms with Crippen LogP contribution in [0, 0.1) is 5.92 Å². The Morgan fingerprint density at radius 3 is 2.06 bits per heavy atom. The summed E-state index contributed by atoms with van der Waals surface area (Å²) >= 11 is 0. The zero-order chi connectivity index (χ0) is 23.7. The van der Waals surface area contributed by atoms with Gasteiger partial charge in [0, 0.05) is 12.1 Å². The minimum atomic E-state index is -0.535.